The number of fused-ring (bicyclic) bond motifs is 4. The number of para-hydroxylation sites is 1. The number of hydrogen-bond donors (Lipinski definition) is 1. The maximum Gasteiger partial charge on any atom is 0.321 e. The number of aromatic nitrogens is 1. The fraction of sp³-hybridized carbons (Fsp3) is 0.450. The SMILES string of the molecule is Cc1noc(C)c1CN1C(=O)[C@@H]2CC[C@H]1CN(C(=O)Nc1ccccc1)C2. The second-order valence-electron chi connectivity index (χ2n) is 7.40. The van der Waals surface area contributed by atoms with E-state index in [4.69, 9.17) is 4.52 Å². The van der Waals surface area contributed by atoms with E-state index >= 15 is 0 Å². The van der Waals surface area contributed by atoms with Crippen molar-refractivity contribution in [1.82, 2.24) is 15.0 Å². The monoisotopic (exact) mass is 368 g/mol. The van der Waals surface area contributed by atoms with Crippen molar-refractivity contribution in [2.75, 3.05) is 18.4 Å². The zero-order chi connectivity index (χ0) is 19.0. The van der Waals surface area contributed by atoms with Crippen LogP contribution in [0.2, 0.25) is 0 Å². The van der Waals surface area contributed by atoms with Crippen LogP contribution in [0.5, 0.6) is 0 Å². The molecule has 27 heavy (non-hydrogen) atoms. The second-order valence-corrected chi connectivity index (χ2v) is 7.40. The van der Waals surface area contributed by atoms with Crippen molar-refractivity contribution in [1.29, 1.82) is 0 Å². The minimum absolute atomic E-state index is 0.0199. The van der Waals surface area contributed by atoms with Gasteiger partial charge in [-0.25, -0.2) is 4.79 Å². The molecule has 2 atom stereocenters. The maximum atomic E-state index is 13.0. The standard InChI is InChI=1S/C20H24N4O3/c1-13-18(14(2)27-22-13)12-24-17-9-8-15(19(24)25)10-23(11-17)20(26)21-16-6-4-3-5-7-16/h3-7,15,17H,8-12H2,1-2H3,(H,21,26)/t15-,17+/m1/s1. The lowest BCUT2D eigenvalue weighted by atomic mass is 9.93. The highest BCUT2D eigenvalue weighted by molar-refractivity contribution is 5.90. The fourth-order valence-corrected chi connectivity index (χ4v) is 4.04. The molecular formula is C20H24N4O3. The Morgan fingerprint density at radius 1 is 1.22 bits per heavy atom. The normalized spacial score (nSPS) is 22.1. The van der Waals surface area contributed by atoms with Gasteiger partial charge < -0.3 is 19.6 Å². The molecule has 3 fully saturated rings. The highest BCUT2D eigenvalue weighted by Gasteiger charge is 2.42. The average Bonchev–Trinajstić information content (AvgIpc) is 2.84. The van der Waals surface area contributed by atoms with E-state index in [1.165, 1.54) is 0 Å². The smallest absolute Gasteiger partial charge is 0.321 e. The molecule has 1 aromatic heterocycles. The highest BCUT2D eigenvalue weighted by atomic mass is 16.5. The van der Waals surface area contributed by atoms with Crippen LogP contribution < -0.4 is 5.32 Å². The van der Waals surface area contributed by atoms with Gasteiger partial charge in [-0.1, -0.05) is 23.4 Å². The molecule has 1 N–H and O–H groups in total. The molecule has 3 amide bonds. The third-order valence-corrected chi connectivity index (χ3v) is 5.62. The first-order chi connectivity index (χ1) is 13.0. The van der Waals surface area contributed by atoms with Gasteiger partial charge in [0.25, 0.3) is 0 Å². The molecule has 0 radical (unpaired) electrons. The maximum absolute atomic E-state index is 13.0. The van der Waals surface area contributed by atoms with E-state index in [1.54, 1.807) is 4.90 Å². The molecule has 3 aliphatic rings. The first-order valence-corrected chi connectivity index (χ1v) is 9.36. The lowest BCUT2D eigenvalue weighted by Crippen LogP contribution is -2.47. The molecule has 7 nitrogen and oxygen atoms in total. The molecular weight excluding hydrogens is 344 g/mol. The lowest BCUT2D eigenvalue weighted by molar-refractivity contribution is -0.140. The summed E-state index contributed by atoms with van der Waals surface area (Å²) >= 11 is 0. The predicted molar refractivity (Wildman–Crippen MR) is 100 cm³/mol. The van der Waals surface area contributed by atoms with E-state index in [2.05, 4.69) is 10.5 Å². The van der Waals surface area contributed by atoms with Crippen LogP contribution in [-0.2, 0) is 11.3 Å². The summed E-state index contributed by atoms with van der Waals surface area (Å²) in [4.78, 5) is 29.4. The van der Waals surface area contributed by atoms with Gasteiger partial charge in [-0.2, -0.15) is 0 Å². The van der Waals surface area contributed by atoms with Crippen LogP contribution in [0.15, 0.2) is 34.9 Å². The van der Waals surface area contributed by atoms with Gasteiger partial charge in [0, 0.05) is 30.4 Å². The Balaban J connectivity index is 1.51. The molecule has 0 aliphatic carbocycles. The van der Waals surface area contributed by atoms with Crippen LogP contribution in [0, 0.1) is 19.8 Å². The largest absolute Gasteiger partial charge is 0.361 e. The van der Waals surface area contributed by atoms with E-state index in [0.717, 1.165) is 35.5 Å². The fourth-order valence-electron chi connectivity index (χ4n) is 4.04. The predicted octanol–water partition coefficient (Wildman–Crippen LogP) is 2.95. The molecule has 2 bridgehead atoms. The Hall–Kier alpha value is -2.83. The molecule has 0 saturated carbocycles. The molecule has 7 heteroatoms. The van der Waals surface area contributed by atoms with Gasteiger partial charge in [-0.15, -0.1) is 0 Å². The van der Waals surface area contributed by atoms with Gasteiger partial charge in [0.15, 0.2) is 0 Å². The number of rotatable bonds is 3. The third kappa shape index (κ3) is 3.41. The first kappa shape index (κ1) is 17.6. The van der Waals surface area contributed by atoms with Crippen LogP contribution in [0.4, 0.5) is 10.5 Å². The van der Waals surface area contributed by atoms with Crippen LogP contribution in [0.3, 0.4) is 0 Å². The van der Waals surface area contributed by atoms with Crippen molar-refractivity contribution >= 4 is 17.6 Å². The Labute approximate surface area is 158 Å². The summed E-state index contributed by atoms with van der Waals surface area (Å²) in [5.74, 6) is 0.728. The van der Waals surface area contributed by atoms with Crippen LogP contribution >= 0.6 is 0 Å². The lowest BCUT2D eigenvalue weighted by Gasteiger charge is -2.35. The third-order valence-electron chi connectivity index (χ3n) is 5.62. The molecule has 3 saturated heterocycles. The summed E-state index contributed by atoms with van der Waals surface area (Å²) in [7, 11) is 0. The van der Waals surface area contributed by atoms with Crippen molar-refractivity contribution in [3.05, 3.63) is 47.3 Å². The van der Waals surface area contributed by atoms with E-state index in [9.17, 15) is 9.59 Å². The summed E-state index contributed by atoms with van der Waals surface area (Å²) in [5.41, 5.74) is 2.55. The Kier molecular flexibility index (Phi) is 4.59. The number of aryl methyl sites for hydroxylation is 2. The van der Waals surface area contributed by atoms with Crippen molar-refractivity contribution in [3.63, 3.8) is 0 Å². The van der Waals surface area contributed by atoms with Crippen molar-refractivity contribution in [3.8, 4) is 0 Å². The number of nitrogens with zero attached hydrogens (tertiary/aromatic N) is 3. The van der Waals surface area contributed by atoms with Gasteiger partial charge in [0.05, 0.1) is 18.2 Å². The van der Waals surface area contributed by atoms with Crippen molar-refractivity contribution < 1.29 is 14.1 Å². The topological polar surface area (TPSA) is 78.7 Å². The summed E-state index contributed by atoms with van der Waals surface area (Å²) in [6, 6.07) is 9.27. The van der Waals surface area contributed by atoms with Crippen LogP contribution in [0.25, 0.3) is 0 Å². The van der Waals surface area contributed by atoms with E-state index < -0.39 is 0 Å². The van der Waals surface area contributed by atoms with Gasteiger partial charge in [-0.3, -0.25) is 4.79 Å². The van der Waals surface area contributed by atoms with Crippen molar-refractivity contribution in [2.45, 2.75) is 39.3 Å². The van der Waals surface area contributed by atoms with Gasteiger partial charge in [0.1, 0.15) is 5.76 Å². The summed E-state index contributed by atoms with van der Waals surface area (Å²) in [6.07, 6.45) is 1.74. The summed E-state index contributed by atoms with van der Waals surface area (Å²) in [6.45, 7) is 5.27. The number of amides is 3. The number of urea groups is 1. The molecule has 2 aromatic rings. The highest BCUT2D eigenvalue weighted by Crippen LogP contribution is 2.31. The minimum Gasteiger partial charge on any atom is -0.361 e. The number of carbonyl (C=O) groups is 2. The summed E-state index contributed by atoms with van der Waals surface area (Å²) < 4.78 is 5.25. The molecule has 0 unspecified atom stereocenters. The molecule has 4 heterocycles. The van der Waals surface area contributed by atoms with Crippen LogP contribution in [0.1, 0.15) is 29.9 Å². The Morgan fingerprint density at radius 3 is 2.70 bits per heavy atom. The number of carbonyl (C=O) groups excluding carboxylic acids is 2. The minimum atomic E-state index is -0.148. The summed E-state index contributed by atoms with van der Waals surface area (Å²) in [5, 5.41) is 6.93. The Morgan fingerprint density at radius 2 is 2.00 bits per heavy atom. The number of hydrogen-bond acceptors (Lipinski definition) is 4. The molecule has 5 rings (SSSR count). The van der Waals surface area contributed by atoms with Crippen LogP contribution in [-0.4, -0.2) is 46.0 Å². The van der Waals surface area contributed by atoms with Crippen molar-refractivity contribution in [2.24, 2.45) is 5.92 Å². The number of nitrogens with one attached hydrogen (secondary N) is 1. The zero-order valence-electron chi connectivity index (χ0n) is 15.6. The quantitative estimate of drug-likeness (QED) is 0.903. The second kappa shape index (κ2) is 7.06. The zero-order valence-corrected chi connectivity index (χ0v) is 15.6. The Bertz CT molecular complexity index is 829. The molecule has 142 valence electrons. The van der Waals surface area contributed by atoms with E-state index in [-0.39, 0.29) is 23.9 Å². The molecule has 0 spiro atoms. The van der Waals surface area contributed by atoms with Gasteiger partial charge >= 0.3 is 6.03 Å². The number of anilines is 1. The van der Waals surface area contributed by atoms with Gasteiger partial charge in [-0.05, 0) is 38.8 Å². The number of piperidine rings is 1. The first-order valence-electron chi connectivity index (χ1n) is 9.36. The molecule has 3 aliphatic heterocycles. The van der Waals surface area contributed by atoms with E-state index in [1.807, 2.05) is 49.1 Å². The molecule has 1 aromatic carbocycles. The van der Waals surface area contributed by atoms with Gasteiger partial charge in [0.2, 0.25) is 5.91 Å². The van der Waals surface area contributed by atoms with E-state index in [0.29, 0.717) is 19.6 Å². The average molecular weight is 368 g/mol. The number of benzene rings is 1.